The maximum Gasteiger partial charge on any atom is 0.254 e. The minimum atomic E-state index is -0.551. The molecule has 0 atom stereocenters. The minimum Gasteiger partial charge on any atom is -0.329 e. The number of H-pyrrole nitrogens is 2. The van der Waals surface area contributed by atoms with Gasteiger partial charge in [0.25, 0.3) is 11.1 Å². The zero-order valence-electron chi connectivity index (χ0n) is 10.5. The van der Waals surface area contributed by atoms with Crippen molar-refractivity contribution in [2.75, 3.05) is 0 Å². The van der Waals surface area contributed by atoms with Crippen LogP contribution in [0.5, 0.6) is 0 Å². The van der Waals surface area contributed by atoms with Gasteiger partial charge in [-0.2, -0.15) is 0 Å². The molecular weight excluding hydrogens is 281 g/mol. The molecule has 0 unspecified atom stereocenters. The number of hydrogen-bond donors (Lipinski definition) is 2. The number of halogens is 1. The van der Waals surface area contributed by atoms with Crippen LogP contribution in [-0.4, -0.2) is 15.0 Å². The lowest BCUT2D eigenvalue weighted by atomic mass is 10.3. The molecule has 2 aromatic rings. The molecule has 1 aliphatic rings. The van der Waals surface area contributed by atoms with Gasteiger partial charge in [0.2, 0.25) is 0 Å². The molecule has 1 aliphatic carbocycles. The van der Waals surface area contributed by atoms with E-state index < -0.39 is 11.4 Å². The summed E-state index contributed by atoms with van der Waals surface area (Å²) in [5, 5.41) is 0.429. The van der Waals surface area contributed by atoms with Crippen molar-refractivity contribution in [3.8, 4) is 0 Å². The molecule has 20 heavy (non-hydrogen) atoms. The molecule has 2 heterocycles. The highest BCUT2D eigenvalue weighted by Gasteiger charge is 2.17. The Labute approximate surface area is 117 Å². The Morgan fingerprint density at radius 2 is 2.15 bits per heavy atom. The minimum absolute atomic E-state index is 0.0562. The maximum atomic E-state index is 13.5. The van der Waals surface area contributed by atoms with E-state index in [0.29, 0.717) is 5.16 Å². The molecule has 2 aromatic heterocycles. The van der Waals surface area contributed by atoms with Gasteiger partial charge in [-0.1, -0.05) is 11.8 Å². The first-order chi connectivity index (χ1) is 9.65. The summed E-state index contributed by atoms with van der Waals surface area (Å²) in [5.41, 5.74) is 1.04. The monoisotopic (exact) mass is 293 g/mol. The van der Waals surface area contributed by atoms with Gasteiger partial charge in [-0.3, -0.25) is 9.59 Å². The van der Waals surface area contributed by atoms with Gasteiger partial charge in [0, 0.05) is 17.5 Å². The summed E-state index contributed by atoms with van der Waals surface area (Å²) in [7, 11) is 0. The zero-order valence-corrected chi connectivity index (χ0v) is 11.3. The predicted molar refractivity (Wildman–Crippen MR) is 73.5 cm³/mol. The van der Waals surface area contributed by atoms with Crippen molar-refractivity contribution in [3.63, 3.8) is 0 Å². The first-order valence-corrected chi connectivity index (χ1v) is 7.24. The molecule has 3 rings (SSSR count). The lowest BCUT2D eigenvalue weighted by molar-refractivity contribution is 0.611. The summed E-state index contributed by atoms with van der Waals surface area (Å²) in [6.07, 6.45) is 3.76. The lowest BCUT2D eigenvalue weighted by Crippen LogP contribution is -2.16. The number of fused-ring (bicyclic) bond motifs is 1. The predicted octanol–water partition coefficient (Wildman–Crippen LogP) is 1.38. The normalized spacial score (nSPS) is 13.4. The fourth-order valence-electron chi connectivity index (χ4n) is 2.25. The van der Waals surface area contributed by atoms with Gasteiger partial charge in [0.1, 0.15) is 5.82 Å². The van der Waals surface area contributed by atoms with Crippen LogP contribution in [0.25, 0.3) is 0 Å². The summed E-state index contributed by atoms with van der Waals surface area (Å²) < 4.78 is 13.5. The van der Waals surface area contributed by atoms with Gasteiger partial charge in [0.15, 0.2) is 5.16 Å². The van der Waals surface area contributed by atoms with Crippen LogP contribution in [0.3, 0.4) is 0 Å². The van der Waals surface area contributed by atoms with Crippen LogP contribution in [0.2, 0.25) is 0 Å². The third-order valence-electron chi connectivity index (χ3n) is 3.28. The topological polar surface area (TPSA) is 78.6 Å². The highest BCUT2D eigenvalue weighted by Crippen LogP contribution is 2.22. The van der Waals surface area contributed by atoms with E-state index in [9.17, 15) is 14.0 Å². The molecule has 0 radical (unpaired) electrons. The third-order valence-corrected chi connectivity index (χ3v) is 4.18. The van der Waals surface area contributed by atoms with Crippen LogP contribution in [0.15, 0.2) is 27.0 Å². The average Bonchev–Trinajstić information content (AvgIpc) is 2.87. The number of pyridine rings is 1. The van der Waals surface area contributed by atoms with Gasteiger partial charge in [0.05, 0.1) is 11.3 Å². The van der Waals surface area contributed by atoms with E-state index in [-0.39, 0.29) is 16.9 Å². The first-order valence-electron chi connectivity index (χ1n) is 6.26. The molecule has 0 fully saturated rings. The largest absolute Gasteiger partial charge is 0.329 e. The fraction of sp³-hybridized carbons (Fsp3) is 0.308. The Hall–Kier alpha value is -1.89. The fourth-order valence-corrected chi connectivity index (χ4v) is 3.14. The lowest BCUT2D eigenvalue weighted by Gasteiger charge is -2.04. The molecule has 0 saturated carbocycles. The number of nitrogens with zero attached hydrogens (tertiary/aromatic N) is 1. The number of aromatic nitrogens is 3. The average molecular weight is 293 g/mol. The first kappa shape index (κ1) is 13.1. The van der Waals surface area contributed by atoms with Crippen molar-refractivity contribution in [2.45, 2.75) is 30.2 Å². The Morgan fingerprint density at radius 1 is 1.30 bits per heavy atom. The van der Waals surface area contributed by atoms with E-state index in [1.807, 2.05) is 0 Å². The number of nitrogens with one attached hydrogen (secondary N) is 2. The summed E-state index contributed by atoms with van der Waals surface area (Å²) in [6, 6.07) is 1.20. The summed E-state index contributed by atoms with van der Waals surface area (Å²) >= 11 is 1.16. The quantitative estimate of drug-likeness (QED) is 0.662. The highest BCUT2D eigenvalue weighted by molar-refractivity contribution is 7.98. The molecular formula is C13H12FN3O2S. The molecule has 5 nitrogen and oxygen atoms in total. The van der Waals surface area contributed by atoms with E-state index in [1.165, 1.54) is 12.3 Å². The standard InChI is InChI=1S/C13H12FN3O2S/c14-9-4-5-15-11(18)8(9)6-20-13-16-10-3-1-2-7(10)12(19)17-13/h4-5H,1-3,6H2,(H,15,18)(H,16,17,19). The molecule has 0 aromatic carbocycles. The Morgan fingerprint density at radius 3 is 2.95 bits per heavy atom. The van der Waals surface area contributed by atoms with E-state index in [1.54, 1.807) is 0 Å². The highest BCUT2D eigenvalue weighted by atomic mass is 32.2. The second kappa shape index (κ2) is 5.24. The van der Waals surface area contributed by atoms with Crippen LogP contribution in [0, 0.1) is 5.82 Å². The van der Waals surface area contributed by atoms with Crippen LogP contribution in [-0.2, 0) is 18.6 Å². The van der Waals surface area contributed by atoms with Gasteiger partial charge < -0.3 is 9.97 Å². The van der Waals surface area contributed by atoms with Gasteiger partial charge >= 0.3 is 0 Å². The molecule has 0 saturated heterocycles. The maximum absolute atomic E-state index is 13.5. The second-order valence-corrected chi connectivity index (χ2v) is 5.54. The van der Waals surface area contributed by atoms with Crippen molar-refractivity contribution < 1.29 is 4.39 Å². The van der Waals surface area contributed by atoms with Crippen LogP contribution >= 0.6 is 11.8 Å². The molecule has 0 spiro atoms. The molecule has 7 heteroatoms. The van der Waals surface area contributed by atoms with Crippen LogP contribution in [0.4, 0.5) is 4.39 Å². The van der Waals surface area contributed by atoms with Crippen LogP contribution in [0.1, 0.15) is 23.2 Å². The van der Waals surface area contributed by atoms with Gasteiger partial charge in [-0.15, -0.1) is 0 Å². The molecule has 0 amide bonds. The number of aryl methyl sites for hydroxylation is 1. The van der Waals surface area contributed by atoms with Crippen molar-refractivity contribution in [1.82, 2.24) is 15.0 Å². The van der Waals surface area contributed by atoms with Crippen molar-refractivity contribution in [3.05, 3.63) is 55.6 Å². The van der Waals surface area contributed by atoms with Crippen molar-refractivity contribution in [1.29, 1.82) is 0 Å². The van der Waals surface area contributed by atoms with E-state index in [2.05, 4.69) is 15.0 Å². The Kier molecular flexibility index (Phi) is 3.43. The third kappa shape index (κ3) is 2.40. The van der Waals surface area contributed by atoms with E-state index in [4.69, 9.17) is 0 Å². The summed E-state index contributed by atoms with van der Waals surface area (Å²) in [4.78, 5) is 32.8. The molecule has 104 valence electrons. The van der Waals surface area contributed by atoms with Crippen molar-refractivity contribution >= 4 is 11.8 Å². The number of rotatable bonds is 3. The number of hydrogen-bond acceptors (Lipinski definition) is 4. The Bertz CT molecular complexity index is 769. The van der Waals surface area contributed by atoms with E-state index in [0.717, 1.165) is 42.3 Å². The second-order valence-electron chi connectivity index (χ2n) is 4.57. The smallest absolute Gasteiger partial charge is 0.254 e. The Balaban J connectivity index is 1.85. The SMILES string of the molecule is O=c1[nH]ccc(F)c1CSc1nc2c(c(=O)[nH]1)CCC2. The molecule has 2 N–H and O–H groups in total. The summed E-state index contributed by atoms with van der Waals surface area (Å²) in [5.74, 6) is -0.422. The van der Waals surface area contributed by atoms with Crippen molar-refractivity contribution in [2.24, 2.45) is 0 Å². The summed E-state index contributed by atoms with van der Waals surface area (Å²) in [6.45, 7) is 0. The molecule has 0 bridgehead atoms. The zero-order chi connectivity index (χ0) is 14.1. The van der Waals surface area contributed by atoms with Crippen LogP contribution < -0.4 is 11.1 Å². The van der Waals surface area contributed by atoms with Gasteiger partial charge in [-0.25, -0.2) is 9.37 Å². The molecule has 0 aliphatic heterocycles. The van der Waals surface area contributed by atoms with Gasteiger partial charge in [-0.05, 0) is 25.3 Å². The number of thioether (sulfide) groups is 1. The van der Waals surface area contributed by atoms with E-state index >= 15 is 0 Å². The number of aromatic amines is 2.